The second-order valence-corrected chi connectivity index (χ2v) is 12.6. The molecule has 0 fully saturated rings. The van der Waals surface area contributed by atoms with E-state index in [0.717, 1.165) is 0 Å². The zero-order chi connectivity index (χ0) is 21.7. The lowest BCUT2D eigenvalue weighted by Gasteiger charge is -2.18. The van der Waals surface area contributed by atoms with Crippen LogP contribution in [0.2, 0.25) is 0 Å². The van der Waals surface area contributed by atoms with Gasteiger partial charge in [-0.05, 0) is 180 Å². The number of halogens is 2. The van der Waals surface area contributed by atoms with E-state index in [9.17, 15) is 0 Å². The quantitative estimate of drug-likeness (QED) is 0.316. The second kappa shape index (κ2) is 9.21. The Labute approximate surface area is 211 Å². The summed E-state index contributed by atoms with van der Waals surface area (Å²) in [6.07, 6.45) is 23.9. The molecule has 0 aromatic carbocycles. The Morgan fingerprint density at radius 1 is 0.250 bits per heavy atom. The number of hydrogen-bond donors (Lipinski definition) is 0. The SMILES string of the molecule is BrC1=C(C2=C(C3=C(C4=C(C5=C(C6=C(Br)CCC6)CCC5)CCC4)CCC3)CCC2)CCC1. The van der Waals surface area contributed by atoms with E-state index < -0.39 is 0 Å². The van der Waals surface area contributed by atoms with Gasteiger partial charge in [0.05, 0.1) is 0 Å². The molecular formula is C30H36Br2. The third-order valence-corrected chi connectivity index (χ3v) is 10.7. The molecule has 0 saturated heterocycles. The molecule has 170 valence electrons. The van der Waals surface area contributed by atoms with E-state index >= 15 is 0 Å². The van der Waals surface area contributed by atoms with Crippen LogP contribution in [0.1, 0.15) is 116 Å². The minimum atomic E-state index is 1.26. The minimum Gasteiger partial charge on any atom is -0.0553 e. The van der Waals surface area contributed by atoms with Crippen LogP contribution in [0.5, 0.6) is 0 Å². The first-order chi connectivity index (χ1) is 15.7. The van der Waals surface area contributed by atoms with Crippen LogP contribution in [0.4, 0.5) is 0 Å². The summed E-state index contributed by atoms with van der Waals surface area (Å²) >= 11 is 7.87. The summed E-state index contributed by atoms with van der Waals surface area (Å²) in [5.41, 5.74) is 17.7. The van der Waals surface area contributed by atoms with Crippen LogP contribution < -0.4 is 0 Å². The molecule has 0 nitrogen and oxygen atoms in total. The Balaban J connectivity index is 1.45. The van der Waals surface area contributed by atoms with Gasteiger partial charge in [-0.3, -0.25) is 0 Å². The predicted octanol–water partition coefficient (Wildman–Crippen LogP) is 10.6. The Morgan fingerprint density at radius 3 is 0.656 bits per heavy atom. The zero-order valence-electron chi connectivity index (χ0n) is 19.5. The Morgan fingerprint density at radius 2 is 0.438 bits per heavy atom. The van der Waals surface area contributed by atoms with Gasteiger partial charge in [0.15, 0.2) is 0 Å². The minimum absolute atomic E-state index is 1.26. The van der Waals surface area contributed by atoms with E-state index in [1.54, 1.807) is 55.7 Å². The molecule has 0 bridgehead atoms. The van der Waals surface area contributed by atoms with E-state index in [1.807, 2.05) is 0 Å². The topological polar surface area (TPSA) is 0 Å². The first-order valence-electron chi connectivity index (χ1n) is 13.4. The van der Waals surface area contributed by atoms with Gasteiger partial charge in [-0.15, -0.1) is 0 Å². The molecule has 0 atom stereocenters. The van der Waals surface area contributed by atoms with Crippen LogP contribution in [-0.4, -0.2) is 0 Å². The Bertz CT molecular complexity index is 953. The van der Waals surface area contributed by atoms with Crippen LogP contribution in [0.15, 0.2) is 64.7 Å². The van der Waals surface area contributed by atoms with Gasteiger partial charge in [-0.25, -0.2) is 0 Å². The smallest absolute Gasteiger partial charge is 0.00144 e. The number of allylic oxidation sites excluding steroid dienone is 12. The lowest BCUT2D eigenvalue weighted by atomic mass is 9.88. The zero-order valence-corrected chi connectivity index (χ0v) is 22.7. The standard InChI is InChI=1S/C30H36Br2/c31-29-17-5-15-27(29)25-13-3-11-23(25)21-9-1-7-19(21)20-8-2-10-22(20)24-12-4-14-26(24)28-16-6-18-30(28)32/h1-18H2. The first kappa shape index (κ1) is 21.9. The predicted molar refractivity (Wildman–Crippen MR) is 143 cm³/mol. The largest absolute Gasteiger partial charge is 0.0553 e. The van der Waals surface area contributed by atoms with Gasteiger partial charge in [0.25, 0.3) is 0 Å². The normalized spacial score (nSPS) is 27.2. The first-order valence-corrected chi connectivity index (χ1v) is 15.0. The van der Waals surface area contributed by atoms with Gasteiger partial charge < -0.3 is 0 Å². The second-order valence-electron chi connectivity index (χ2n) is 10.7. The molecule has 6 aliphatic rings. The van der Waals surface area contributed by atoms with Gasteiger partial charge in [-0.2, -0.15) is 0 Å². The summed E-state index contributed by atoms with van der Waals surface area (Å²) in [5.74, 6) is 0. The molecule has 6 rings (SSSR count). The summed E-state index contributed by atoms with van der Waals surface area (Å²) < 4.78 is 3.04. The van der Waals surface area contributed by atoms with Crippen LogP contribution in [-0.2, 0) is 0 Å². The monoisotopic (exact) mass is 554 g/mol. The molecule has 0 aromatic rings. The summed E-state index contributed by atoms with van der Waals surface area (Å²) in [7, 11) is 0. The molecule has 32 heavy (non-hydrogen) atoms. The van der Waals surface area contributed by atoms with Crippen molar-refractivity contribution in [2.45, 2.75) is 116 Å². The third kappa shape index (κ3) is 3.76. The van der Waals surface area contributed by atoms with Crippen molar-refractivity contribution in [2.75, 3.05) is 0 Å². The van der Waals surface area contributed by atoms with E-state index in [0.29, 0.717) is 0 Å². The summed E-state index contributed by atoms with van der Waals surface area (Å²) in [5, 5.41) is 0. The molecule has 0 N–H and O–H groups in total. The van der Waals surface area contributed by atoms with Gasteiger partial charge in [0.1, 0.15) is 0 Å². The molecule has 0 aromatic heterocycles. The summed E-state index contributed by atoms with van der Waals surface area (Å²) in [4.78, 5) is 0. The molecule has 0 heterocycles. The highest BCUT2D eigenvalue weighted by atomic mass is 79.9. The van der Waals surface area contributed by atoms with Gasteiger partial charge in [0, 0.05) is 0 Å². The van der Waals surface area contributed by atoms with Crippen molar-refractivity contribution in [3.63, 3.8) is 0 Å². The summed E-state index contributed by atoms with van der Waals surface area (Å²) in [6, 6.07) is 0. The van der Waals surface area contributed by atoms with E-state index in [4.69, 9.17) is 0 Å². The molecule has 0 unspecified atom stereocenters. The van der Waals surface area contributed by atoms with Crippen molar-refractivity contribution >= 4 is 31.9 Å². The Hall–Kier alpha value is -0.600. The van der Waals surface area contributed by atoms with Crippen molar-refractivity contribution < 1.29 is 0 Å². The molecule has 0 saturated carbocycles. The van der Waals surface area contributed by atoms with Crippen LogP contribution in [0.25, 0.3) is 0 Å². The molecule has 0 aliphatic heterocycles. The van der Waals surface area contributed by atoms with Crippen LogP contribution >= 0.6 is 31.9 Å². The fourth-order valence-corrected chi connectivity index (χ4v) is 9.12. The highest BCUT2D eigenvalue weighted by molar-refractivity contribution is 9.12. The maximum atomic E-state index is 3.94. The maximum absolute atomic E-state index is 3.94. The third-order valence-electron chi connectivity index (χ3n) is 8.99. The van der Waals surface area contributed by atoms with Crippen molar-refractivity contribution in [2.24, 2.45) is 0 Å². The van der Waals surface area contributed by atoms with E-state index in [1.165, 1.54) is 125 Å². The average molecular weight is 556 g/mol. The molecule has 2 heteroatoms. The average Bonchev–Trinajstić information content (AvgIpc) is 3.60. The highest BCUT2D eigenvalue weighted by Gasteiger charge is 2.33. The lowest BCUT2D eigenvalue weighted by molar-refractivity contribution is 0.864. The van der Waals surface area contributed by atoms with Crippen molar-refractivity contribution in [3.05, 3.63) is 64.7 Å². The molecule has 0 spiro atoms. The van der Waals surface area contributed by atoms with Gasteiger partial charge in [0.2, 0.25) is 0 Å². The van der Waals surface area contributed by atoms with Crippen molar-refractivity contribution in [3.8, 4) is 0 Å². The van der Waals surface area contributed by atoms with Crippen molar-refractivity contribution in [1.82, 2.24) is 0 Å². The molecule has 0 amide bonds. The van der Waals surface area contributed by atoms with Gasteiger partial charge >= 0.3 is 0 Å². The van der Waals surface area contributed by atoms with Crippen molar-refractivity contribution in [1.29, 1.82) is 0 Å². The number of hydrogen-bond acceptors (Lipinski definition) is 0. The van der Waals surface area contributed by atoms with Gasteiger partial charge in [-0.1, -0.05) is 31.9 Å². The summed E-state index contributed by atoms with van der Waals surface area (Å²) in [6.45, 7) is 0. The van der Waals surface area contributed by atoms with Crippen LogP contribution in [0, 0.1) is 0 Å². The van der Waals surface area contributed by atoms with E-state index in [-0.39, 0.29) is 0 Å². The Kier molecular flexibility index (Phi) is 6.31. The lowest BCUT2D eigenvalue weighted by Crippen LogP contribution is -1.98. The molecule has 0 radical (unpaired) electrons. The molecule has 6 aliphatic carbocycles. The fourth-order valence-electron chi connectivity index (χ4n) is 7.68. The fraction of sp³-hybridized carbons (Fsp3) is 0.600. The number of rotatable bonds is 5. The van der Waals surface area contributed by atoms with E-state index in [2.05, 4.69) is 31.9 Å². The molecular weight excluding hydrogens is 520 g/mol. The highest BCUT2D eigenvalue weighted by Crippen LogP contribution is 2.52. The maximum Gasteiger partial charge on any atom is -0.00144 e. The van der Waals surface area contributed by atoms with Crippen LogP contribution in [0.3, 0.4) is 0 Å².